The molecular weight excluding hydrogens is 676 g/mol. The Morgan fingerprint density at radius 2 is 0.904 bits per heavy atom. The Labute approximate surface area is 298 Å². The Balaban J connectivity index is 1.26. The topological polar surface area (TPSA) is 162 Å². The summed E-state index contributed by atoms with van der Waals surface area (Å²) >= 11 is 0. The van der Waals surface area contributed by atoms with Crippen LogP contribution < -0.4 is 0 Å². The second-order valence-corrected chi connectivity index (χ2v) is 11.8. The monoisotopic (exact) mass is 712 g/mol. The number of hydrogen-bond acceptors (Lipinski definition) is 13. The number of ether oxygens (including phenoxy) is 8. The first-order valence-corrected chi connectivity index (χ1v) is 16.5. The zero-order chi connectivity index (χ0) is 36.5. The minimum atomic E-state index is -1.54. The lowest BCUT2D eigenvalue weighted by Crippen LogP contribution is -2.46. The third kappa shape index (κ3) is 8.70. The summed E-state index contributed by atoms with van der Waals surface area (Å²) in [5.74, 6) is -2.83. The van der Waals surface area contributed by atoms with Crippen molar-refractivity contribution in [2.45, 2.75) is 49.2 Å². The zero-order valence-electron chi connectivity index (χ0n) is 27.9. The number of aliphatic hydroxyl groups is 1. The molecule has 0 radical (unpaired) electrons. The number of esters is 4. The number of carbonyl (C=O) groups is 4. The summed E-state index contributed by atoms with van der Waals surface area (Å²) in [6.07, 6.45) is -10.6. The van der Waals surface area contributed by atoms with E-state index in [1.165, 1.54) is 19.2 Å². The van der Waals surface area contributed by atoms with Crippen molar-refractivity contribution in [2.75, 3.05) is 20.3 Å². The van der Waals surface area contributed by atoms with Crippen molar-refractivity contribution in [2.24, 2.45) is 0 Å². The van der Waals surface area contributed by atoms with Crippen LogP contribution in [0.2, 0.25) is 0 Å². The molecule has 52 heavy (non-hydrogen) atoms. The largest absolute Gasteiger partial charge is 0.459 e. The van der Waals surface area contributed by atoms with Gasteiger partial charge >= 0.3 is 23.9 Å². The molecule has 0 aliphatic carbocycles. The van der Waals surface area contributed by atoms with Crippen molar-refractivity contribution >= 4 is 23.9 Å². The lowest BCUT2D eigenvalue weighted by Gasteiger charge is -2.29. The fourth-order valence-corrected chi connectivity index (χ4v) is 5.70. The Morgan fingerprint density at radius 1 is 0.519 bits per heavy atom. The van der Waals surface area contributed by atoms with Crippen LogP contribution in [0.3, 0.4) is 0 Å². The van der Waals surface area contributed by atoms with Gasteiger partial charge in [-0.3, -0.25) is 0 Å². The second-order valence-electron chi connectivity index (χ2n) is 11.8. The predicted octanol–water partition coefficient (Wildman–Crippen LogP) is 3.99. The van der Waals surface area contributed by atoms with E-state index in [1.54, 1.807) is 109 Å². The van der Waals surface area contributed by atoms with Crippen LogP contribution in [0, 0.1) is 0 Å². The van der Waals surface area contributed by atoms with Gasteiger partial charge in [0.1, 0.15) is 37.6 Å². The molecule has 13 nitrogen and oxygen atoms in total. The van der Waals surface area contributed by atoms with E-state index in [2.05, 4.69) is 0 Å². The molecule has 0 unspecified atom stereocenters. The molecule has 0 amide bonds. The van der Waals surface area contributed by atoms with E-state index in [4.69, 9.17) is 37.9 Å². The van der Waals surface area contributed by atoms with Crippen molar-refractivity contribution in [3.63, 3.8) is 0 Å². The van der Waals surface area contributed by atoms with Gasteiger partial charge in [0.15, 0.2) is 24.8 Å². The van der Waals surface area contributed by atoms with Gasteiger partial charge in [-0.25, -0.2) is 19.2 Å². The van der Waals surface area contributed by atoms with Gasteiger partial charge in [0, 0.05) is 7.11 Å². The van der Waals surface area contributed by atoms with E-state index in [0.717, 1.165) is 0 Å². The SMILES string of the molecule is CO[C@H]1O[C@H](COC(=O)c2ccccc2)[C@@H](O[C@H]2O[C@H](COC(=O)c3ccccc3)[C@@H](O)[C@@H]2OC(=O)c2ccccc2)[C@@H]1OC(=O)c1ccccc1. The summed E-state index contributed by atoms with van der Waals surface area (Å²) in [5.41, 5.74) is 0.991. The van der Waals surface area contributed by atoms with E-state index in [-0.39, 0.29) is 28.9 Å². The molecule has 2 aliphatic heterocycles. The molecule has 0 spiro atoms. The third-order valence-electron chi connectivity index (χ3n) is 8.37. The fraction of sp³-hybridized carbons (Fsp3) is 0.282. The smallest absolute Gasteiger partial charge is 0.338 e. The molecule has 0 saturated carbocycles. The van der Waals surface area contributed by atoms with Crippen LogP contribution in [0.15, 0.2) is 121 Å². The standard InChI is InChI=1S/C39H36O13/c1-45-38-33(51-37(44)27-20-12-5-13-21-27)31(29(49-38)23-47-35(42)25-16-8-3-9-17-25)52-39-32(50-36(43)26-18-10-4-11-19-26)30(40)28(48-39)22-46-34(41)24-14-6-2-7-15-24/h2-21,28-33,38-40H,22-23H2,1H3/t28-,29-,30-,31-,32+,33+,38+,39-/m1/s1. The molecule has 0 bridgehead atoms. The van der Waals surface area contributed by atoms with E-state index in [9.17, 15) is 24.3 Å². The van der Waals surface area contributed by atoms with Crippen LogP contribution in [0.1, 0.15) is 41.4 Å². The normalized spacial score (nSPS) is 25.2. The number of rotatable bonds is 13. The number of benzene rings is 4. The molecule has 2 saturated heterocycles. The number of carbonyl (C=O) groups excluding carboxylic acids is 4. The van der Waals surface area contributed by atoms with Gasteiger partial charge in [0.2, 0.25) is 0 Å². The molecule has 2 heterocycles. The van der Waals surface area contributed by atoms with Crippen LogP contribution in [-0.2, 0) is 37.9 Å². The van der Waals surface area contributed by atoms with Crippen LogP contribution in [0.25, 0.3) is 0 Å². The maximum Gasteiger partial charge on any atom is 0.338 e. The van der Waals surface area contributed by atoms with Crippen molar-refractivity contribution < 1.29 is 62.2 Å². The Kier molecular flexibility index (Phi) is 12.0. The Hall–Kier alpha value is -5.44. The highest BCUT2D eigenvalue weighted by Crippen LogP contribution is 2.34. The van der Waals surface area contributed by atoms with Gasteiger partial charge in [0.05, 0.1) is 22.3 Å². The van der Waals surface area contributed by atoms with Crippen LogP contribution in [0.5, 0.6) is 0 Å². The highest BCUT2D eigenvalue weighted by molar-refractivity contribution is 5.91. The third-order valence-corrected chi connectivity index (χ3v) is 8.37. The van der Waals surface area contributed by atoms with Crippen molar-refractivity contribution in [3.8, 4) is 0 Å². The van der Waals surface area contributed by atoms with Crippen LogP contribution in [0.4, 0.5) is 0 Å². The van der Waals surface area contributed by atoms with Gasteiger partial charge in [-0.05, 0) is 48.5 Å². The molecule has 6 rings (SSSR count). The molecule has 2 aliphatic rings. The Morgan fingerprint density at radius 3 is 1.35 bits per heavy atom. The average molecular weight is 713 g/mol. The summed E-state index contributed by atoms with van der Waals surface area (Å²) in [7, 11) is 1.33. The van der Waals surface area contributed by atoms with Crippen LogP contribution in [-0.4, -0.2) is 98.5 Å². The predicted molar refractivity (Wildman–Crippen MR) is 180 cm³/mol. The summed E-state index contributed by atoms with van der Waals surface area (Å²) in [6.45, 7) is -0.806. The van der Waals surface area contributed by atoms with Gasteiger partial charge < -0.3 is 43.0 Å². The van der Waals surface area contributed by atoms with E-state index in [0.29, 0.717) is 0 Å². The fourth-order valence-electron chi connectivity index (χ4n) is 5.70. The quantitative estimate of drug-likeness (QED) is 0.157. The summed E-state index contributed by atoms with van der Waals surface area (Å²) in [6, 6.07) is 32.8. The van der Waals surface area contributed by atoms with Crippen LogP contribution >= 0.6 is 0 Å². The molecule has 13 heteroatoms. The molecule has 8 atom stereocenters. The molecule has 270 valence electrons. The minimum absolute atomic E-state index is 0.191. The summed E-state index contributed by atoms with van der Waals surface area (Å²) < 4.78 is 46.6. The minimum Gasteiger partial charge on any atom is -0.459 e. The maximum atomic E-state index is 13.3. The van der Waals surface area contributed by atoms with E-state index in [1.807, 2.05) is 0 Å². The van der Waals surface area contributed by atoms with Gasteiger partial charge in [-0.15, -0.1) is 0 Å². The van der Waals surface area contributed by atoms with Crippen molar-refractivity contribution in [1.29, 1.82) is 0 Å². The highest BCUT2D eigenvalue weighted by Gasteiger charge is 2.55. The first-order chi connectivity index (χ1) is 25.3. The molecule has 2 fully saturated rings. The van der Waals surface area contributed by atoms with Gasteiger partial charge in [-0.1, -0.05) is 72.8 Å². The second kappa shape index (κ2) is 17.2. The maximum absolute atomic E-state index is 13.3. The first-order valence-electron chi connectivity index (χ1n) is 16.5. The van der Waals surface area contributed by atoms with Gasteiger partial charge in [-0.2, -0.15) is 0 Å². The van der Waals surface area contributed by atoms with Crippen molar-refractivity contribution in [1.82, 2.24) is 0 Å². The number of methoxy groups -OCH3 is 1. The first kappa shape index (κ1) is 36.4. The molecular formula is C39H36O13. The molecule has 1 N–H and O–H groups in total. The lowest BCUT2D eigenvalue weighted by molar-refractivity contribution is -0.215. The zero-order valence-corrected chi connectivity index (χ0v) is 27.9. The summed E-state index contributed by atoms with van der Waals surface area (Å²) in [5, 5.41) is 11.4. The molecule has 0 aromatic heterocycles. The van der Waals surface area contributed by atoms with E-state index >= 15 is 0 Å². The number of hydrogen-bond donors (Lipinski definition) is 1. The Bertz CT molecular complexity index is 1790. The lowest BCUT2D eigenvalue weighted by atomic mass is 10.1. The van der Waals surface area contributed by atoms with E-state index < -0.39 is 79.7 Å². The average Bonchev–Trinajstić information content (AvgIpc) is 3.68. The summed E-state index contributed by atoms with van der Waals surface area (Å²) in [4.78, 5) is 52.1. The van der Waals surface area contributed by atoms with Crippen molar-refractivity contribution in [3.05, 3.63) is 144 Å². The molecule has 4 aromatic carbocycles. The van der Waals surface area contributed by atoms with Gasteiger partial charge in [0.25, 0.3) is 0 Å². The number of aliphatic hydroxyl groups excluding tert-OH is 1. The molecule has 4 aromatic rings. The highest BCUT2D eigenvalue weighted by atomic mass is 16.8.